The van der Waals surface area contributed by atoms with Crippen LogP contribution in [0.25, 0.3) is 0 Å². The third-order valence-electron chi connectivity index (χ3n) is 2.40. The Kier molecular flexibility index (Phi) is 3.16. The van der Waals surface area contributed by atoms with Crippen molar-refractivity contribution >= 4 is 0 Å². The molecule has 0 aliphatic carbocycles. The van der Waals surface area contributed by atoms with Gasteiger partial charge in [0.1, 0.15) is 11.4 Å². The highest BCUT2D eigenvalue weighted by Crippen LogP contribution is 2.27. The zero-order valence-corrected chi connectivity index (χ0v) is 8.02. The molecule has 1 atom stereocenters. The van der Waals surface area contributed by atoms with Crippen LogP contribution in [0.5, 0.6) is 0 Å². The lowest BCUT2D eigenvalue weighted by Crippen LogP contribution is -2.43. The molecule has 14 heavy (non-hydrogen) atoms. The van der Waals surface area contributed by atoms with E-state index >= 15 is 0 Å². The molecular weight excluding hydrogens is 191 g/mol. The maximum Gasteiger partial charge on any atom is 0.260 e. The van der Waals surface area contributed by atoms with Gasteiger partial charge in [-0.15, -0.1) is 0 Å². The van der Waals surface area contributed by atoms with E-state index in [-0.39, 0.29) is 0 Å². The summed E-state index contributed by atoms with van der Waals surface area (Å²) in [6.45, 7) is 1.38. The first-order valence-corrected chi connectivity index (χ1v) is 4.24. The van der Waals surface area contributed by atoms with E-state index in [0.717, 1.165) is 0 Å². The van der Waals surface area contributed by atoms with Gasteiger partial charge in [-0.05, 0) is 31.7 Å². The molecule has 4 heteroatoms. The fraction of sp³-hybridized carbons (Fsp3) is 0.400. The molecular formula is C10H12F3N. The van der Waals surface area contributed by atoms with Gasteiger partial charge in [-0.25, -0.2) is 13.2 Å². The van der Waals surface area contributed by atoms with Gasteiger partial charge in [0.15, 0.2) is 0 Å². The van der Waals surface area contributed by atoms with Crippen LogP contribution >= 0.6 is 0 Å². The Labute approximate surface area is 80.9 Å². The van der Waals surface area contributed by atoms with E-state index in [2.05, 4.69) is 5.32 Å². The second kappa shape index (κ2) is 4.00. The molecule has 0 heterocycles. The SMILES string of the molecule is CNC(C)(c1ccc(F)cc1)C(F)F. The second-order valence-corrected chi connectivity index (χ2v) is 3.26. The number of hydrogen-bond acceptors (Lipinski definition) is 1. The maximum absolute atomic E-state index is 12.7. The predicted molar refractivity (Wildman–Crippen MR) is 48.8 cm³/mol. The highest BCUT2D eigenvalue weighted by Gasteiger charge is 2.34. The van der Waals surface area contributed by atoms with Gasteiger partial charge in [-0.3, -0.25) is 0 Å². The van der Waals surface area contributed by atoms with Gasteiger partial charge in [0, 0.05) is 0 Å². The summed E-state index contributed by atoms with van der Waals surface area (Å²) in [5.74, 6) is -0.429. The Morgan fingerprint density at radius 2 is 1.71 bits per heavy atom. The highest BCUT2D eigenvalue weighted by molar-refractivity contribution is 5.25. The average molecular weight is 203 g/mol. The summed E-state index contributed by atoms with van der Waals surface area (Å²) in [6.07, 6.45) is -2.54. The van der Waals surface area contributed by atoms with E-state index in [4.69, 9.17) is 0 Å². The zero-order valence-electron chi connectivity index (χ0n) is 8.02. The number of hydrogen-bond donors (Lipinski definition) is 1. The Balaban J connectivity index is 3.06. The van der Waals surface area contributed by atoms with Crippen LogP contribution in [0.1, 0.15) is 12.5 Å². The van der Waals surface area contributed by atoms with Crippen LogP contribution in [-0.2, 0) is 5.54 Å². The van der Waals surface area contributed by atoms with Gasteiger partial charge >= 0.3 is 0 Å². The summed E-state index contributed by atoms with van der Waals surface area (Å²) < 4.78 is 38.0. The summed E-state index contributed by atoms with van der Waals surface area (Å²) in [6, 6.07) is 5.07. The van der Waals surface area contributed by atoms with Crippen LogP contribution in [0.15, 0.2) is 24.3 Å². The van der Waals surface area contributed by atoms with Crippen LogP contribution in [-0.4, -0.2) is 13.5 Å². The highest BCUT2D eigenvalue weighted by atomic mass is 19.3. The number of alkyl halides is 2. The van der Waals surface area contributed by atoms with Crippen molar-refractivity contribution in [2.45, 2.75) is 18.9 Å². The molecule has 1 aromatic carbocycles. The maximum atomic E-state index is 12.7. The van der Waals surface area contributed by atoms with Crippen LogP contribution in [0.3, 0.4) is 0 Å². The summed E-state index contributed by atoms with van der Waals surface area (Å²) in [7, 11) is 1.45. The Morgan fingerprint density at radius 3 is 2.07 bits per heavy atom. The Hall–Kier alpha value is -1.03. The van der Waals surface area contributed by atoms with Gasteiger partial charge in [0.05, 0.1) is 0 Å². The molecule has 1 rings (SSSR count). The molecule has 1 N–H and O–H groups in total. The number of halogens is 3. The van der Waals surface area contributed by atoms with Crippen molar-refractivity contribution in [2.24, 2.45) is 0 Å². The van der Waals surface area contributed by atoms with Crippen molar-refractivity contribution in [1.82, 2.24) is 5.32 Å². The lowest BCUT2D eigenvalue weighted by Gasteiger charge is -2.28. The molecule has 0 spiro atoms. The van der Waals surface area contributed by atoms with Gasteiger partial charge in [0.25, 0.3) is 6.43 Å². The Morgan fingerprint density at radius 1 is 1.21 bits per heavy atom. The molecule has 0 aliphatic heterocycles. The fourth-order valence-corrected chi connectivity index (χ4v) is 1.18. The average Bonchev–Trinajstić information content (AvgIpc) is 2.17. The first-order chi connectivity index (χ1) is 6.50. The predicted octanol–water partition coefficient (Wildman–Crippen LogP) is 2.53. The summed E-state index contributed by atoms with van der Waals surface area (Å²) in [4.78, 5) is 0. The summed E-state index contributed by atoms with van der Waals surface area (Å²) >= 11 is 0. The first-order valence-electron chi connectivity index (χ1n) is 4.24. The number of benzene rings is 1. The zero-order chi connectivity index (χ0) is 10.8. The third kappa shape index (κ3) is 1.90. The summed E-state index contributed by atoms with van der Waals surface area (Å²) in [5.41, 5.74) is -1.05. The van der Waals surface area contributed by atoms with Crippen LogP contribution in [0, 0.1) is 5.82 Å². The molecule has 0 saturated carbocycles. The largest absolute Gasteiger partial charge is 0.306 e. The standard InChI is InChI=1S/C10H12F3N/c1-10(14-2,9(12)13)7-3-5-8(11)6-4-7/h3-6,9,14H,1-2H3. The van der Waals surface area contributed by atoms with Crippen molar-refractivity contribution in [1.29, 1.82) is 0 Å². The number of rotatable bonds is 3. The molecule has 1 unspecified atom stereocenters. The van der Waals surface area contributed by atoms with E-state index in [1.807, 2.05) is 0 Å². The van der Waals surface area contributed by atoms with Crippen LogP contribution in [0.4, 0.5) is 13.2 Å². The van der Waals surface area contributed by atoms with Crippen molar-refractivity contribution in [3.8, 4) is 0 Å². The monoisotopic (exact) mass is 203 g/mol. The minimum atomic E-state index is -2.54. The van der Waals surface area contributed by atoms with Gasteiger partial charge < -0.3 is 5.32 Å². The third-order valence-corrected chi connectivity index (χ3v) is 2.40. The second-order valence-electron chi connectivity index (χ2n) is 3.26. The minimum Gasteiger partial charge on any atom is -0.306 e. The molecule has 78 valence electrons. The first kappa shape index (κ1) is 11.0. The summed E-state index contributed by atoms with van der Waals surface area (Å²) in [5, 5.41) is 2.54. The molecule has 0 fully saturated rings. The fourth-order valence-electron chi connectivity index (χ4n) is 1.18. The van der Waals surface area contributed by atoms with E-state index < -0.39 is 17.8 Å². The van der Waals surface area contributed by atoms with Crippen molar-refractivity contribution in [3.63, 3.8) is 0 Å². The molecule has 0 aliphatic rings. The van der Waals surface area contributed by atoms with Crippen molar-refractivity contribution in [3.05, 3.63) is 35.6 Å². The molecule has 0 radical (unpaired) electrons. The number of nitrogens with one attached hydrogen (secondary N) is 1. The molecule has 0 aromatic heterocycles. The molecule has 0 saturated heterocycles. The van der Waals surface area contributed by atoms with Crippen LogP contribution in [0.2, 0.25) is 0 Å². The molecule has 0 amide bonds. The Bertz CT molecular complexity index is 297. The normalized spacial score (nSPS) is 15.6. The van der Waals surface area contributed by atoms with Gasteiger partial charge in [-0.2, -0.15) is 0 Å². The lowest BCUT2D eigenvalue weighted by molar-refractivity contribution is 0.0431. The smallest absolute Gasteiger partial charge is 0.260 e. The van der Waals surface area contributed by atoms with Crippen LogP contribution < -0.4 is 5.32 Å². The van der Waals surface area contributed by atoms with E-state index in [0.29, 0.717) is 5.56 Å². The quantitative estimate of drug-likeness (QED) is 0.796. The lowest BCUT2D eigenvalue weighted by atomic mass is 9.93. The topological polar surface area (TPSA) is 12.0 Å². The molecule has 0 bridgehead atoms. The van der Waals surface area contributed by atoms with Crippen molar-refractivity contribution in [2.75, 3.05) is 7.05 Å². The van der Waals surface area contributed by atoms with E-state index in [9.17, 15) is 13.2 Å². The van der Waals surface area contributed by atoms with E-state index in [1.54, 1.807) is 0 Å². The van der Waals surface area contributed by atoms with Crippen molar-refractivity contribution < 1.29 is 13.2 Å². The molecule has 1 aromatic rings. The minimum absolute atomic E-state index is 0.372. The molecule has 1 nitrogen and oxygen atoms in total. The van der Waals surface area contributed by atoms with Gasteiger partial charge in [-0.1, -0.05) is 12.1 Å². The van der Waals surface area contributed by atoms with Gasteiger partial charge in [0.2, 0.25) is 0 Å². The van der Waals surface area contributed by atoms with E-state index in [1.165, 1.54) is 38.2 Å².